The zero-order valence-electron chi connectivity index (χ0n) is 10.5. The van der Waals surface area contributed by atoms with Gasteiger partial charge in [-0.2, -0.15) is 0 Å². The first-order valence-corrected chi connectivity index (χ1v) is 5.92. The van der Waals surface area contributed by atoms with Crippen LogP contribution in [0.5, 0.6) is 11.5 Å². The average Bonchev–Trinajstić information content (AvgIpc) is 2.98. The van der Waals surface area contributed by atoms with Crippen molar-refractivity contribution in [2.45, 2.75) is 45.3 Å². The summed E-state index contributed by atoms with van der Waals surface area (Å²) < 4.78 is 11.4. The summed E-state index contributed by atoms with van der Waals surface area (Å²) in [6.45, 7) is 5.92. The smallest absolute Gasteiger partial charge is 0.150 e. The van der Waals surface area contributed by atoms with E-state index in [2.05, 4.69) is 0 Å². The number of ether oxygens (including phenoxy) is 2. The highest BCUT2D eigenvalue weighted by Gasteiger charge is 2.24. The van der Waals surface area contributed by atoms with Gasteiger partial charge in [0.25, 0.3) is 0 Å². The third-order valence-corrected chi connectivity index (χ3v) is 2.29. The lowest BCUT2D eigenvalue weighted by Crippen LogP contribution is -2.23. The Kier molecular flexibility index (Phi) is 3.09. The lowest BCUT2D eigenvalue weighted by Gasteiger charge is -2.22. The molecule has 0 aromatic heterocycles. The molecule has 1 aromatic rings. The highest BCUT2D eigenvalue weighted by Crippen LogP contribution is 2.31. The summed E-state index contributed by atoms with van der Waals surface area (Å²) in [6.07, 6.45) is 3.33. The molecule has 0 unspecified atom stereocenters. The maximum absolute atomic E-state index is 10.9. The second kappa shape index (κ2) is 4.40. The standard InChI is InChI=1S/C14H18O3/c1-14(2,3)17-13-7-10(9-15)6-12(8-13)16-11-4-5-11/h6-9,11H,4-5H2,1-3H3. The molecule has 0 heterocycles. The Morgan fingerprint density at radius 2 is 1.82 bits per heavy atom. The molecule has 1 aliphatic carbocycles. The second-order valence-corrected chi connectivity index (χ2v) is 5.39. The number of hydrogen-bond acceptors (Lipinski definition) is 3. The molecule has 0 spiro atoms. The molecule has 1 saturated carbocycles. The molecule has 0 bridgehead atoms. The van der Waals surface area contributed by atoms with Crippen LogP contribution in [0, 0.1) is 0 Å². The van der Waals surface area contributed by atoms with Gasteiger partial charge in [-0.3, -0.25) is 4.79 Å². The lowest BCUT2D eigenvalue weighted by molar-refractivity contribution is 0.111. The van der Waals surface area contributed by atoms with E-state index in [0.29, 0.717) is 17.4 Å². The molecule has 0 N–H and O–H groups in total. The molecule has 3 nitrogen and oxygen atoms in total. The van der Waals surface area contributed by atoms with Gasteiger partial charge in [-0.05, 0) is 45.7 Å². The van der Waals surface area contributed by atoms with Gasteiger partial charge in [0, 0.05) is 11.6 Å². The SMILES string of the molecule is CC(C)(C)Oc1cc(C=O)cc(OC2CC2)c1. The summed E-state index contributed by atoms with van der Waals surface area (Å²) in [6, 6.07) is 5.33. The monoisotopic (exact) mass is 234 g/mol. The minimum absolute atomic E-state index is 0.279. The van der Waals surface area contributed by atoms with Crippen LogP contribution >= 0.6 is 0 Å². The largest absolute Gasteiger partial charge is 0.490 e. The van der Waals surface area contributed by atoms with E-state index in [0.717, 1.165) is 24.9 Å². The van der Waals surface area contributed by atoms with Gasteiger partial charge >= 0.3 is 0 Å². The van der Waals surface area contributed by atoms with Crippen molar-refractivity contribution < 1.29 is 14.3 Å². The molecule has 0 saturated heterocycles. The van der Waals surface area contributed by atoms with Crippen molar-refractivity contribution >= 4 is 6.29 Å². The maximum Gasteiger partial charge on any atom is 0.150 e. The Balaban J connectivity index is 2.21. The summed E-state index contributed by atoms with van der Waals surface area (Å²) >= 11 is 0. The van der Waals surface area contributed by atoms with E-state index >= 15 is 0 Å². The zero-order chi connectivity index (χ0) is 12.5. The van der Waals surface area contributed by atoms with E-state index in [4.69, 9.17) is 9.47 Å². The van der Waals surface area contributed by atoms with Crippen LogP contribution in [0.4, 0.5) is 0 Å². The third-order valence-electron chi connectivity index (χ3n) is 2.29. The Morgan fingerprint density at radius 1 is 1.18 bits per heavy atom. The Bertz CT molecular complexity index is 414. The maximum atomic E-state index is 10.9. The van der Waals surface area contributed by atoms with Crippen LogP contribution in [0.15, 0.2) is 18.2 Å². The molecule has 92 valence electrons. The Labute approximate surface area is 102 Å². The number of rotatable bonds is 4. The van der Waals surface area contributed by atoms with Crippen LogP contribution < -0.4 is 9.47 Å². The molecule has 0 aliphatic heterocycles. The third kappa shape index (κ3) is 3.77. The normalized spacial score (nSPS) is 15.5. The van der Waals surface area contributed by atoms with Gasteiger partial charge in [0.15, 0.2) is 0 Å². The van der Waals surface area contributed by atoms with Crippen molar-refractivity contribution in [1.82, 2.24) is 0 Å². The molecule has 1 fully saturated rings. The highest BCUT2D eigenvalue weighted by atomic mass is 16.5. The number of carbonyl (C=O) groups is 1. The number of carbonyl (C=O) groups excluding carboxylic acids is 1. The van der Waals surface area contributed by atoms with Crippen LogP contribution in [0.25, 0.3) is 0 Å². The van der Waals surface area contributed by atoms with E-state index in [9.17, 15) is 4.79 Å². The van der Waals surface area contributed by atoms with E-state index in [1.807, 2.05) is 26.8 Å². The van der Waals surface area contributed by atoms with Crippen molar-refractivity contribution in [1.29, 1.82) is 0 Å². The summed E-state index contributed by atoms with van der Waals surface area (Å²) in [5.41, 5.74) is 0.306. The van der Waals surface area contributed by atoms with Gasteiger partial charge in [-0.25, -0.2) is 0 Å². The van der Waals surface area contributed by atoms with Crippen molar-refractivity contribution in [3.63, 3.8) is 0 Å². The van der Waals surface area contributed by atoms with Gasteiger partial charge in [0.05, 0.1) is 6.10 Å². The van der Waals surface area contributed by atoms with Gasteiger partial charge in [0.2, 0.25) is 0 Å². The van der Waals surface area contributed by atoms with Crippen LogP contribution in [0.1, 0.15) is 44.0 Å². The minimum atomic E-state index is -0.279. The quantitative estimate of drug-likeness (QED) is 0.750. The first-order chi connectivity index (χ1) is 7.96. The summed E-state index contributed by atoms with van der Waals surface area (Å²) in [7, 11) is 0. The highest BCUT2D eigenvalue weighted by molar-refractivity contribution is 5.76. The van der Waals surface area contributed by atoms with Gasteiger partial charge < -0.3 is 9.47 Å². The van der Waals surface area contributed by atoms with E-state index in [1.54, 1.807) is 12.1 Å². The van der Waals surface area contributed by atoms with Crippen molar-refractivity contribution in [3.05, 3.63) is 23.8 Å². The molecule has 1 aliphatic rings. The van der Waals surface area contributed by atoms with Gasteiger partial charge in [-0.1, -0.05) is 0 Å². The fourth-order valence-electron chi connectivity index (χ4n) is 1.52. The molecule has 3 heteroatoms. The van der Waals surface area contributed by atoms with Gasteiger partial charge in [0.1, 0.15) is 23.4 Å². The predicted octanol–water partition coefficient (Wildman–Crippen LogP) is 3.22. The van der Waals surface area contributed by atoms with Crippen molar-refractivity contribution in [3.8, 4) is 11.5 Å². The van der Waals surface area contributed by atoms with E-state index in [-0.39, 0.29) is 5.60 Å². The zero-order valence-corrected chi connectivity index (χ0v) is 10.5. The molecular formula is C14H18O3. The molecule has 2 rings (SSSR count). The predicted molar refractivity (Wildman–Crippen MR) is 65.9 cm³/mol. The summed E-state index contributed by atoms with van der Waals surface area (Å²) in [4.78, 5) is 10.9. The Morgan fingerprint density at radius 3 is 2.35 bits per heavy atom. The first-order valence-electron chi connectivity index (χ1n) is 5.92. The van der Waals surface area contributed by atoms with Crippen molar-refractivity contribution in [2.75, 3.05) is 0 Å². The fourth-order valence-corrected chi connectivity index (χ4v) is 1.52. The van der Waals surface area contributed by atoms with Crippen LogP contribution in [-0.2, 0) is 0 Å². The fraction of sp³-hybridized carbons (Fsp3) is 0.500. The number of hydrogen-bond donors (Lipinski definition) is 0. The van der Waals surface area contributed by atoms with Gasteiger partial charge in [-0.15, -0.1) is 0 Å². The average molecular weight is 234 g/mol. The molecule has 17 heavy (non-hydrogen) atoms. The van der Waals surface area contributed by atoms with E-state index < -0.39 is 0 Å². The number of aldehydes is 1. The molecule has 0 radical (unpaired) electrons. The van der Waals surface area contributed by atoms with Crippen molar-refractivity contribution in [2.24, 2.45) is 0 Å². The molecule has 0 atom stereocenters. The lowest BCUT2D eigenvalue weighted by atomic mass is 10.1. The Hall–Kier alpha value is -1.51. The minimum Gasteiger partial charge on any atom is -0.490 e. The van der Waals surface area contributed by atoms with Crippen LogP contribution in [0.2, 0.25) is 0 Å². The van der Waals surface area contributed by atoms with E-state index in [1.165, 1.54) is 0 Å². The topological polar surface area (TPSA) is 35.5 Å². The summed E-state index contributed by atoms with van der Waals surface area (Å²) in [5, 5.41) is 0. The van der Waals surface area contributed by atoms with Crippen LogP contribution in [-0.4, -0.2) is 18.0 Å². The number of benzene rings is 1. The summed E-state index contributed by atoms with van der Waals surface area (Å²) in [5.74, 6) is 1.40. The molecular weight excluding hydrogens is 216 g/mol. The second-order valence-electron chi connectivity index (χ2n) is 5.39. The molecule has 0 amide bonds. The molecule has 1 aromatic carbocycles. The van der Waals surface area contributed by atoms with Crippen LogP contribution in [0.3, 0.4) is 0 Å². The first kappa shape index (κ1) is 12.0.